The molecular weight excluding hydrogens is 266 g/mol. The van der Waals surface area contributed by atoms with Crippen LogP contribution in [-0.4, -0.2) is 36.0 Å². The maximum absolute atomic E-state index is 11.6. The maximum atomic E-state index is 11.6. The summed E-state index contributed by atoms with van der Waals surface area (Å²) >= 11 is 5.81. The van der Waals surface area contributed by atoms with E-state index in [1.807, 2.05) is 13.8 Å². The first-order chi connectivity index (χ1) is 9.08. The number of carbonyl (C=O) groups excluding carboxylic acids is 2. The Hall–Kier alpha value is -1.88. The van der Waals surface area contributed by atoms with Gasteiger partial charge in [0.15, 0.2) is 0 Å². The predicted molar refractivity (Wildman–Crippen MR) is 75.1 cm³/mol. The fourth-order valence-corrected chi connectivity index (χ4v) is 1.65. The molecule has 0 bridgehead atoms. The third kappa shape index (κ3) is 4.71. The molecule has 1 aromatic carbocycles. The van der Waals surface area contributed by atoms with Crippen LogP contribution >= 0.6 is 11.6 Å². The second-order valence-electron chi connectivity index (χ2n) is 3.73. The van der Waals surface area contributed by atoms with E-state index in [1.54, 1.807) is 24.3 Å². The number of rotatable bonds is 4. The van der Waals surface area contributed by atoms with Gasteiger partial charge >= 0.3 is 11.8 Å². The van der Waals surface area contributed by atoms with Gasteiger partial charge in [0, 0.05) is 18.1 Å². The molecular formula is C13H16ClN3O2. The van der Waals surface area contributed by atoms with Gasteiger partial charge in [-0.15, -0.1) is 0 Å². The Morgan fingerprint density at radius 3 is 2.63 bits per heavy atom. The third-order valence-electron chi connectivity index (χ3n) is 2.47. The van der Waals surface area contributed by atoms with Crippen molar-refractivity contribution in [3.8, 4) is 0 Å². The van der Waals surface area contributed by atoms with Gasteiger partial charge in [-0.1, -0.05) is 23.7 Å². The van der Waals surface area contributed by atoms with Crippen LogP contribution in [0.1, 0.15) is 19.4 Å². The van der Waals surface area contributed by atoms with Crippen molar-refractivity contribution in [2.75, 3.05) is 13.1 Å². The molecule has 0 aliphatic rings. The second kappa shape index (κ2) is 7.53. The van der Waals surface area contributed by atoms with Crippen molar-refractivity contribution >= 4 is 29.6 Å². The van der Waals surface area contributed by atoms with Gasteiger partial charge in [-0.2, -0.15) is 5.10 Å². The van der Waals surface area contributed by atoms with Crippen molar-refractivity contribution in [2.24, 2.45) is 5.10 Å². The summed E-state index contributed by atoms with van der Waals surface area (Å²) in [7, 11) is 0. The van der Waals surface area contributed by atoms with E-state index >= 15 is 0 Å². The Balaban J connectivity index is 2.57. The highest BCUT2D eigenvalue weighted by atomic mass is 35.5. The lowest BCUT2D eigenvalue weighted by Gasteiger charge is -2.16. The summed E-state index contributed by atoms with van der Waals surface area (Å²) in [6.07, 6.45) is 1.43. The van der Waals surface area contributed by atoms with Crippen LogP contribution in [-0.2, 0) is 9.59 Å². The normalized spacial score (nSPS) is 10.5. The minimum atomic E-state index is -0.748. The average Bonchev–Trinajstić information content (AvgIpc) is 2.40. The number of carbonyl (C=O) groups is 2. The summed E-state index contributed by atoms with van der Waals surface area (Å²) in [4.78, 5) is 24.6. The highest BCUT2D eigenvalue weighted by molar-refractivity contribution is 6.35. The van der Waals surface area contributed by atoms with Crippen LogP contribution in [0.2, 0.25) is 5.02 Å². The van der Waals surface area contributed by atoms with Crippen LogP contribution in [0.4, 0.5) is 0 Å². The molecule has 6 heteroatoms. The van der Waals surface area contributed by atoms with Gasteiger partial charge in [0.05, 0.1) is 6.21 Å². The first kappa shape index (κ1) is 15.2. The number of hydrogen-bond acceptors (Lipinski definition) is 3. The summed E-state index contributed by atoms with van der Waals surface area (Å²) in [6, 6.07) is 6.99. The Morgan fingerprint density at radius 1 is 1.37 bits per heavy atom. The zero-order valence-electron chi connectivity index (χ0n) is 10.9. The van der Waals surface area contributed by atoms with Crippen LogP contribution in [0.3, 0.4) is 0 Å². The lowest BCUT2D eigenvalue weighted by Crippen LogP contribution is -2.41. The van der Waals surface area contributed by atoms with E-state index in [-0.39, 0.29) is 0 Å². The van der Waals surface area contributed by atoms with Gasteiger partial charge in [0.2, 0.25) is 0 Å². The molecule has 2 amide bonds. The van der Waals surface area contributed by atoms with Gasteiger partial charge in [-0.05, 0) is 31.5 Å². The van der Waals surface area contributed by atoms with E-state index in [4.69, 9.17) is 11.6 Å². The van der Waals surface area contributed by atoms with Crippen LogP contribution < -0.4 is 5.43 Å². The molecule has 1 rings (SSSR count). The molecule has 0 saturated heterocycles. The number of nitrogens with one attached hydrogen (secondary N) is 1. The monoisotopic (exact) mass is 281 g/mol. The first-order valence-electron chi connectivity index (χ1n) is 5.96. The average molecular weight is 282 g/mol. The van der Waals surface area contributed by atoms with Crippen LogP contribution in [0.5, 0.6) is 0 Å². The molecule has 0 atom stereocenters. The molecule has 0 unspecified atom stereocenters. The number of hydrogen-bond donors (Lipinski definition) is 1. The smallest absolute Gasteiger partial charge is 0.329 e. The molecule has 19 heavy (non-hydrogen) atoms. The highest BCUT2D eigenvalue weighted by Gasteiger charge is 2.18. The molecule has 0 heterocycles. The molecule has 0 radical (unpaired) electrons. The van der Waals surface area contributed by atoms with Crippen molar-refractivity contribution in [1.82, 2.24) is 10.3 Å². The minimum absolute atomic E-state index is 0.487. The Kier molecular flexibility index (Phi) is 6.02. The van der Waals surface area contributed by atoms with Gasteiger partial charge in [0.25, 0.3) is 0 Å². The molecule has 0 aliphatic heterocycles. The number of benzene rings is 1. The van der Waals surface area contributed by atoms with E-state index in [9.17, 15) is 9.59 Å². The third-order valence-corrected chi connectivity index (χ3v) is 2.71. The van der Waals surface area contributed by atoms with Crippen LogP contribution in [0.15, 0.2) is 29.4 Å². The quantitative estimate of drug-likeness (QED) is 0.518. The molecule has 0 aliphatic carbocycles. The molecule has 0 spiro atoms. The molecule has 0 fully saturated rings. The topological polar surface area (TPSA) is 61.8 Å². The molecule has 0 aromatic heterocycles. The summed E-state index contributed by atoms with van der Waals surface area (Å²) < 4.78 is 0. The molecule has 5 nitrogen and oxygen atoms in total. The summed E-state index contributed by atoms with van der Waals surface area (Å²) in [5.74, 6) is -1.34. The standard InChI is InChI=1S/C13H16ClN3O2/c1-3-17(4-2)13(19)12(18)16-15-9-10-6-5-7-11(14)8-10/h5-9H,3-4H2,1-2H3,(H,16,18)/b15-9-. The van der Waals surface area contributed by atoms with Crippen molar-refractivity contribution in [1.29, 1.82) is 0 Å². The van der Waals surface area contributed by atoms with Crippen molar-refractivity contribution < 1.29 is 9.59 Å². The van der Waals surface area contributed by atoms with Crippen molar-refractivity contribution in [3.63, 3.8) is 0 Å². The first-order valence-corrected chi connectivity index (χ1v) is 6.34. The summed E-state index contributed by atoms with van der Waals surface area (Å²) in [5.41, 5.74) is 2.93. The van der Waals surface area contributed by atoms with E-state index < -0.39 is 11.8 Å². The lowest BCUT2D eigenvalue weighted by molar-refractivity contribution is -0.145. The van der Waals surface area contributed by atoms with Crippen molar-refractivity contribution in [3.05, 3.63) is 34.9 Å². The zero-order valence-corrected chi connectivity index (χ0v) is 11.6. The van der Waals surface area contributed by atoms with Crippen LogP contribution in [0, 0.1) is 0 Å². The molecule has 102 valence electrons. The number of likely N-dealkylation sites (N-methyl/N-ethyl adjacent to an activating group) is 1. The van der Waals surface area contributed by atoms with E-state index in [1.165, 1.54) is 11.1 Å². The predicted octanol–water partition coefficient (Wildman–Crippen LogP) is 1.66. The Morgan fingerprint density at radius 2 is 2.05 bits per heavy atom. The number of halogens is 1. The maximum Gasteiger partial charge on any atom is 0.329 e. The molecule has 1 aromatic rings. The number of amides is 2. The Bertz CT molecular complexity index is 485. The van der Waals surface area contributed by atoms with E-state index in [0.29, 0.717) is 18.1 Å². The zero-order chi connectivity index (χ0) is 14.3. The minimum Gasteiger partial charge on any atom is -0.335 e. The Labute approximate surface area is 117 Å². The van der Waals surface area contributed by atoms with Gasteiger partial charge in [-0.25, -0.2) is 5.43 Å². The van der Waals surface area contributed by atoms with Gasteiger partial charge < -0.3 is 4.90 Å². The van der Waals surface area contributed by atoms with Gasteiger partial charge in [0.1, 0.15) is 0 Å². The van der Waals surface area contributed by atoms with Crippen molar-refractivity contribution in [2.45, 2.75) is 13.8 Å². The summed E-state index contributed by atoms with van der Waals surface area (Å²) in [5, 5.41) is 4.30. The van der Waals surface area contributed by atoms with Crippen LogP contribution in [0.25, 0.3) is 0 Å². The SMILES string of the molecule is CCN(CC)C(=O)C(=O)N/N=C\c1cccc(Cl)c1. The highest BCUT2D eigenvalue weighted by Crippen LogP contribution is 2.08. The number of hydrazone groups is 1. The van der Waals surface area contributed by atoms with E-state index in [2.05, 4.69) is 10.5 Å². The largest absolute Gasteiger partial charge is 0.335 e. The lowest BCUT2D eigenvalue weighted by atomic mass is 10.2. The molecule has 1 N–H and O–H groups in total. The fraction of sp³-hybridized carbons (Fsp3) is 0.308. The summed E-state index contributed by atoms with van der Waals surface area (Å²) in [6.45, 7) is 4.59. The number of nitrogens with zero attached hydrogens (tertiary/aromatic N) is 2. The fourth-order valence-electron chi connectivity index (χ4n) is 1.45. The van der Waals surface area contributed by atoms with Gasteiger partial charge in [-0.3, -0.25) is 9.59 Å². The van der Waals surface area contributed by atoms with E-state index in [0.717, 1.165) is 5.56 Å². The second-order valence-corrected chi connectivity index (χ2v) is 4.17. The molecule has 0 saturated carbocycles.